The van der Waals surface area contributed by atoms with Crippen molar-refractivity contribution in [1.82, 2.24) is 35.0 Å². The highest BCUT2D eigenvalue weighted by Crippen LogP contribution is 2.31. The van der Waals surface area contributed by atoms with Gasteiger partial charge in [0.25, 0.3) is 5.91 Å². The molecule has 3 aromatic heterocycles. The third-order valence-corrected chi connectivity index (χ3v) is 7.29. The molecule has 2 N–H and O–H groups in total. The van der Waals surface area contributed by atoms with E-state index in [4.69, 9.17) is 0 Å². The van der Waals surface area contributed by atoms with Gasteiger partial charge in [-0.05, 0) is 50.7 Å². The topological polar surface area (TPSA) is 125 Å². The average Bonchev–Trinajstić information content (AvgIpc) is 3.45. The van der Waals surface area contributed by atoms with Crippen molar-refractivity contribution in [3.05, 3.63) is 35.4 Å². The number of likely N-dealkylation sites (tertiary alicyclic amines) is 1. The minimum absolute atomic E-state index is 0.0704. The van der Waals surface area contributed by atoms with Crippen LogP contribution in [0.3, 0.4) is 0 Å². The number of H-pyrrole nitrogens is 1. The zero-order chi connectivity index (χ0) is 24.4. The summed E-state index contributed by atoms with van der Waals surface area (Å²) < 4.78 is 23.5. The van der Waals surface area contributed by atoms with Crippen molar-refractivity contribution < 1.29 is 13.2 Å². The number of hydrogen-bond donors (Lipinski definition) is 3. The lowest BCUT2D eigenvalue weighted by molar-refractivity contribution is 0.0889. The molecular weight excluding hydrogens is 454 g/mol. The van der Waals surface area contributed by atoms with Gasteiger partial charge in [-0.15, -0.1) is 0 Å². The Bertz CT molecular complexity index is 1230. The van der Waals surface area contributed by atoms with Gasteiger partial charge in [-0.2, -0.15) is 10.2 Å². The number of rotatable bonds is 8. The number of carbonyl (C=O) groups is 1. The molecule has 11 heteroatoms. The van der Waals surface area contributed by atoms with E-state index in [1.54, 1.807) is 4.52 Å². The third-order valence-electron chi connectivity index (χ3n) is 6.66. The number of hydrogen-bond acceptors (Lipinski definition) is 7. The van der Waals surface area contributed by atoms with Crippen molar-refractivity contribution in [2.24, 2.45) is 0 Å². The predicted octanol–water partition coefficient (Wildman–Crippen LogP) is 2.14. The number of piperidine rings is 1. The number of fused-ring (bicyclic) bond motifs is 1. The summed E-state index contributed by atoms with van der Waals surface area (Å²) in [5.41, 5.74) is 4.84. The van der Waals surface area contributed by atoms with E-state index >= 15 is 0 Å². The predicted molar refractivity (Wildman–Crippen MR) is 131 cm³/mol. The van der Waals surface area contributed by atoms with Crippen LogP contribution in [0.5, 0.6) is 0 Å². The van der Waals surface area contributed by atoms with Gasteiger partial charge >= 0.3 is 0 Å². The monoisotopic (exact) mass is 487 g/mol. The van der Waals surface area contributed by atoms with E-state index in [-0.39, 0.29) is 29.7 Å². The van der Waals surface area contributed by atoms with Crippen LogP contribution in [0.25, 0.3) is 16.9 Å². The average molecular weight is 488 g/mol. The maximum Gasteiger partial charge on any atom is 0.272 e. The molecule has 0 aromatic carbocycles. The van der Waals surface area contributed by atoms with Crippen LogP contribution in [-0.4, -0.2) is 74.9 Å². The molecule has 4 rings (SSSR count). The molecule has 0 aliphatic carbocycles. The normalized spacial score (nSPS) is 16.5. The van der Waals surface area contributed by atoms with Crippen LogP contribution in [-0.2, 0) is 10.7 Å². The summed E-state index contributed by atoms with van der Waals surface area (Å²) in [6, 6.07) is 2.32. The van der Waals surface area contributed by atoms with E-state index < -0.39 is 10.7 Å². The van der Waals surface area contributed by atoms with E-state index in [0.29, 0.717) is 12.1 Å². The second-order valence-electron chi connectivity index (χ2n) is 9.43. The van der Waals surface area contributed by atoms with Gasteiger partial charge in [0.05, 0.1) is 5.69 Å². The second-order valence-corrected chi connectivity index (χ2v) is 10.5. The smallest absolute Gasteiger partial charge is 0.272 e. The molecule has 0 radical (unpaired) electrons. The summed E-state index contributed by atoms with van der Waals surface area (Å²) in [6.45, 7) is 9.84. The minimum atomic E-state index is -2.33. The molecule has 1 fully saturated rings. The minimum Gasteiger partial charge on any atom is -0.348 e. The fourth-order valence-corrected chi connectivity index (χ4v) is 5.33. The van der Waals surface area contributed by atoms with Crippen molar-refractivity contribution in [2.75, 3.05) is 18.8 Å². The first-order valence-electron chi connectivity index (χ1n) is 11.8. The molecule has 0 bridgehead atoms. The van der Waals surface area contributed by atoms with Crippen LogP contribution in [0, 0.1) is 6.92 Å². The zero-order valence-electron chi connectivity index (χ0n) is 20.1. The van der Waals surface area contributed by atoms with E-state index in [1.165, 1.54) is 6.33 Å². The molecule has 0 spiro atoms. The summed E-state index contributed by atoms with van der Waals surface area (Å²) in [4.78, 5) is 19.8. The third kappa shape index (κ3) is 5.15. The summed E-state index contributed by atoms with van der Waals surface area (Å²) in [7, 11) is -2.33. The highest BCUT2D eigenvalue weighted by atomic mass is 32.2. The number of aromatic nitrogens is 5. The standard InChI is InChI=1S/C23H33N7O3S/c1-14(2)19-20(17-11-15(3)22-24-13-25-30(22)12-17)27-28-21(19)23(31)26-18-5-8-29(9-6-18)16(4)7-10-34(32)33/h11-14,16,18,34H,5-10H2,1-4H3,(H,26,31)(H,27,28). The molecule has 1 aliphatic rings. The summed E-state index contributed by atoms with van der Waals surface area (Å²) in [5.74, 6) is 0.145. The van der Waals surface area contributed by atoms with Crippen LogP contribution in [0.1, 0.15) is 67.6 Å². The highest BCUT2D eigenvalue weighted by molar-refractivity contribution is 7.72. The van der Waals surface area contributed by atoms with E-state index in [2.05, 4.69) is 51.3 Å². The molecule has 1 aliphatic heterocycles. The van der Waals surface area contributed by atoms with Gasteiger partial charge in [0.15, 0.2) is 11.3 Å². The van der Waals surface area contributed by atoms with Gasteiger partial charge < -0.3 is 10.2 Å². The Morgan fingerprint density at radius 3 is 2.68 bits per heavy atom. The molecular formula is C23H33N7O3S. The van der Waals surface area contributed by atoms with Crippen LogP contribution < -0.4 is 5.32 Å². The summed E-state index contributed by atoms with van der Waals surface area (Å²) >= 11 is 0. The fraction of sp³-hybridized carbons (Fsp3) is 0.565. The Morgan fingerprint density at radius 2 is 2.00 bits per heavy atom. The van der Waals surface area contributed by atoms with Crippen molar-refractivity contribution in [1.29, 1.82) is 0 Å². The van der Waals surface area contributed by atoms with E-state index in [0.717, 1.165) is 54.0 Å². The van der Waals surface area contributed by atoms with Gasteiger partial charge in [-0.1, -0.05) is 13.8 Å². The Kier molecular flexibility index (Phi) is 7.32. The summed E-state index contributed by atoms with van der Waals surface area (Å²) in [6.07, 6.45) is 5.73. The number of nitrogens with zero attached hydrogens (tertiary/aromatic N) is 5. The largest absolute Gasteiger partial charge is 0.348 e. The number of aromatic amines is 1. The number of carbonyl (C=O) groups excluding carboxylic acids is 1. The first-order valence-corrected chi connectivity index (χ1v) is 13.2. The lowest BCUT2D eigenvalue weighted by atomic mass is 9.96. The molecule has 34 heavy (non-hydrogen) atoms. The number of amides is 1. The number of aryl methyl sites for hydroxylation is 1. The molecule has 1 atom stereocenters. The Balaban J connectivity index is 1.46. The maximum atomic E-state index is 13.2. The molecule has 1 amide bonds. The number of pyridine rings is 1. The van der Waals surface area contributed by atoms with Crippen molar-refractivity contribution in [2.45, 2.75) is 65.0 Å². The maximum absolute atomic E-state index is 13.2. The Hall–Kier alpha value is -2.79. The second kappa shape index (κ2) is 10.2. The van der Waals surface area contributed by atoms with Crippen LogP contribution >= 0.6 is 0 Å². The first-order chi connectivity index (χ1) is 16.2. The fourth-order valence-electron chi connectivity index (χ4n) is 4.75. The van der Waals surface area contributed by atoms with Gasteiger partial charge in [0.1, 0.15) is 17.0 Å². The van der Waals surface area contributed by atoms with Gasteiger partial charge in [0, 0.05) is 48.2 Å². The molecule has 0 saturated carbocycles. The summed E-state index contributed by atoms with van der Waals surface area (Å²) in [5, 5.41) is 14.9. The quantitative estimate of drug-likeness (QED) is 0.416. The van der Waals surface area contributed by atoms with Crippen LogP contribution in [0.4, 0.5) is 0 Å². The van der Waals surface area contributed by atoms with E-state index in [1.807, 2.05) is 19.2 Å². The SMILES string of the molecule is Cc1cc(-c2[nH]nc(C(=O)NC3CCN(C(C)CC[SH](=O)=O)CC3)c2C(C)C)cn2ncnc12. The van der Waals surface area contributed by atoms with Crippen LogP contribution in [0.2, 0.25) is 0 Å². The number of thiol groups is 1. The van der Waals surface area contributed by atoms with Crippen molar-refractivity contribution >= 4 is 22.3 Å². The molecule has 1 unspecified atom stereocenters. The van der Waals surface area contributed by atoms with Crippen LogP contribution in [0.15, 0.2) is 18.6 Å². The van der Waals surface area contributed by atoms with E-state index in [9.17, 15) is 13.2 Å². The van der Waals surface area contributed by atoms with Gasteiger partial charge in [-0.25, -0.2) is 17.9 Å². The molecule has 4 heterocycles. The van der Waals surface area contributed by atoms with Gasteiger partial charge in [-0.3, -0.25) is 9.89 Å². The molecule has 184 valence electrons. The highest BCUT2D eigenvalue weighted by Gasteiger charge is 2.28. The van der Waals surface area contributed by atoms with Gasteiger partial charge in [0.2, 0.25) is 0 Å². The van der Waals surface area contributed by atoms with Crippen molar-refractivity contribution in [3.8, 4) is 11.3 Å². The molecule has 1 saturated heterocycles. The first kappa shape index (κ1) is 24.3. The zero-order valence-corrected chi connectivity index (χ0v) is 21.0. The lowest BCUT2D eigenvalue weighted by Gasteiger charge is -2.36. The number of nitrogens with one attached hydrogen (secondary N) is 2. The van der Waals surface area contributed by atoms with Crippen molar-refractivity contribution in [3.63, 3.8) is 0 Å². The Morgan fingerprint density at radius 1 is 1.26 bits per heavy atom. The molecule has 3 aromatic rings. The lowest BCUT2D eigenvalue weighted by Crippen LogP contribution is -2.47. The Labute approximate surface area is 201 Å². The molecule has 10 nitrogen and oxygen atoms in total.